The summed E-state index contributed by atoms with van der Waals surface area (Å²) >= 11 is 0. The molecule has 1 atom stereocenters. The molecule has 8 rings (SSSR count). The van der Waals surface area contributed by atoms with Crippen LogP contribution in [0.4, 0.5) is 10.1 Å². The number of aryl methyl sites for hydroxylation is 1. The van der Waals surface area contributed by atoms with Gasteiger partial charge in [0.15, 0.2) is 12.4 Å². The highest BCUT2D eigenvalue weighted by atomic mass is 19.1. The van der Waals surface area contributed by atoms with Crippen molar-refractivity contribution < 1.29 is 13.5 Å². The molecule has 0 fully saturated rings. The van der Waals surface area contributed by atoms with Gasteiger partial charge in [-0.25, -0.2) is 4.39 Å². The molecule has 4 heteroatoms. The lowest BCUT2D eigenvalue weighted by atomic mass is 9.56. The van der Waals surface area contributed by atoms with Gasteiger partial charge >= 0.3 is 0 Å². The van der Waals surface area contributed by atoms with Crippen molar-refractivity contribution in [1.29, 1.82) is 0 Å². The minimum Gasteiger partial charge on any atom is -0.388 e. The monoisotopic (exact) mass is 611 g/mol. The summed E-state index contributed by atoms with van der Waals surface area (Å²) in [6.45, 7) is 12.3. The Morgan fingerprint density at radius 1 is 0.891 bits per heavy atom. The molecule has 3 nitrogen and oxygen atoms in total. The van der Waals surface area contributed by atoms with Gasteiger partial charge in [-0.15, -0.1) is 0 Å². The van der Waals surface area contributed by atoms with E-state index in [-0.39, 0.29) is 16.8 Å². The topological polar surface area (TPSA) is 19.8 Å². The number of hydrogen-bond donors (Lipinski definition) is 1. The molecule has 1 N–H and O–H groups in total. The van der Waals surface area contributed by atoms with Crippen LogP contribution in [0.2, 0.25) is 0 Å². The Bertz CT molecular complexity index is 2050. The van der Waals surface area contributed by atoms with Gasteiger partial charge in [-0.05, 0) is 77.6 Å². The first-order valence-electron chi connectivity index (χ1n) is 17.4. The van der Waals surface area contributed by atoms with Crippen LogP contribution in [0.25, 0.3) is 33.3 Å². The Morgan fingerprint density at radius 2 is 1.72 bits per heavy atom. The van der Waals surface area contributed by atoms with E-state index < -0.39 is 5.41 Å². The summed E-state index contributed by atoms with van der Waals surface area (Å²) in [7, 11) is 1.99. The molecule has 2 aromatic heterocycles. The number of nitrogens with zero attached hydrogens (tertiary/aromatic N) is 2. The molecule has 2 aliphatic heterocycles. The van der Waals surface area contributed by atoms with Crippen LogP contribution in [0.15, 0.2) is 79.1 Å². The van der Waals surface area contributed by atoms with Gasteiger partial charge in [-0.1, -0.05) is 65.3 Å². The number of rotatable bonds is 6. The lowest BCUT2D eigenvalue weighted by Gasteiger charge is -2.46. The number of pyridine rings is 2. The number of nitrogens with one attached hydrogen (secondary N) is 1. The number of fused-ring (bicyclic) bond motifs is 4. The van der Waals surface area contributed by atoms with Crippen molar-refractivity contribution in [3.63, 3.8) is 0 Å². The molecule has 234 valence electrons. The molecule has 5 aromatic rings. The van der Waals surface area contributed by atoms with Gasteiger partial charge in [0, 0.05) is 48.3 Å². The molecule has 0 saturated heterocycles. The molecule has 1 aliphatic carbocycles. The Hall–Kier alpha value is -4.05. The maximum atomic E-state index is 16.6. The van der Waals surface area contributed by atoms with E-state index in [2.05, 4.69) is 122 Å². The van der Waals surface area contributed by atoms with Crippen LogP contribution < -0.4 is 14.5 Å². The largest absolute Gasteiger partial charge is 0.388 e. The highest BCUT2D eigenvalue weighted by Gasteiger charge is 2.66. The Kier molecular flexibility index (Phi) is 6.53. The second kappa shape index (κ2) is 10.2. The predicted octanol–water partition coefficient (Wildman–Crippen LogP) is 8.93. The summed E-state index contributed by atoms with van der Waals surface area (Å²) in [5, 5.41) is 5.94. The van der Waals surface area contributed by atoms with Gasteiger partial charge < -0.3 is 5.32 Å². The van der Waals surface area contributed by atoms with Crippen molar-refractivity contribution in [2.24, 2.45) is 0 Å². The van der Waals surface area contributed by atoms with Crippen LogP contribution in [0.5, 0.6) is 0 Å². The van der Waals surface area contributed by atoms with Gasteiger partial charge in [-0.2, -0.15) is 9.13 Å². The third-order valence-corrected chi connectivity index (χ3v) is 12.2. The molecule has 46 heavy (non-hydrogen) atoms. The molecule has 3 aliphatic rings. The molecule has 0 amide bonds. The third kappa shape index (κ3) is 3.64. The number of halogens is 1. The summed E-state index contributed by atoms with van der Waals surface area (Å²) in [4.78, 5) is 0. The summed E-state index contributed by atoms with van der Waals surface area (Å²) < 4.78 is 21.7. The molecule has 1 spiro atoms. The predicted molar refractivity (Wildman–Crippen MR) is 186 cm³/mol. The minimum absolute atomic E-state index is 0.0874. The molecule has 4 heterocycles. The fraction of sp³-hybridized carbons (Fsp3) is 0.381. The Morgan fingerprint density at radius 3 is 2.48 bits per heavy atom. The van der Waals surface area contributed by atoms with Gasteiger partial charge in [0.05, 0.1) is 21.9 Å². The molecule has 0 radical (unpaired) electrons. The maximum Gasteiger partial charge on any atom is 0.239 e. The summed E-state index contributed by atoms with van der Waals surface area (Å²) in [5.74, 6) is -0.0874. The van der Waals surface area contributed by atoms with Crippen molar-refractivity contribution in [1.82, 2.24) is 0 Å². The number of aromatic nitrogens is 2. The van der Waals surface area contributed by atoms with Gasteiger partial charge in [0.1, 0.15) is 5.82 Å². The van der Waals surface area contributed by atoms with E-state index in [1.807, 2.05) is 7.05 Å². The van der Waals surface area contributed by atoms with Gasteiger partial charge in [0.25, 0.3) is 0 Å². The molecule has 0 saturated carbocycles. The van der Waals surface area contributed by atoms with Crippen LogP contribution in [0, 0.1) is 5.82 Å². The van der Waals surface area contributed by atoms with Crippen molar-refractivity contribution in [3.8, 4) is 22.5 Å². The van der Waals surface area contributed by atoms with E-state index in [0.717, 1.165) is 61.9 Å². The summed E-state index contributed by atoms with van der Waals surface area (Å²) in [5.41, 5.74) is 11.1. The number of hydrogen-bond acceptors (Lipinski definition) is 1. The summed E-state index contributed by atoms with van der Waals surface area (Å²) in [6, 6.07) is 24.6. The zero-order valence-electron chi connectivity index (χ0n) is 28.2. The fourth-order valence-electron chi connectivity index (χ4n) is 9.96. The first-order chi connectivity index (χ1) is 22.2. The highest BCUT2D eigenvalue weighted by Crippen LogP contribution is 2.58. The fourth-order valence-corrected chi connectivity index (χ4v) is 9.96. The van der Waals surface area contributed by atoms with Crippen molar-refractivity contribution in [3.05, 3.63) is 113 Å². The zero-order valence-corrected chi connectivity index (χ0v) is 28.2. The van der Waals surface area contributed by atoms with Crippen LogP contribution in [-0.2, 0) is 35.8 Å². The summed E-state index contributed by atoms with van der Waals surface area (Å²) in [6.07, 6.45) is 10.8. The van der Waals surface area contributed by atoms with Crippen molar-refractivity contribution >= 4 is 16.5 Å². The lowest BCUT2D eigenvalue weighted by Crippen LogP contribution is -2.74. The van der Waals surface area contributed by atoms with Gasteiger partial charge in [0.2, 0.25) is 23.5 Å². The van der Waals surface area contributed by atoms with E-state index in [0.29, 0.717) is 0 Å². The minimum atomic E-state index is -0.472. The van der Waals surface area contributed by atoms with Crippen LogP contribution in [0.1, 0.15) is 88.1 Å². The number of benzene rings is 3. The van der Waals surface area contributed by atoms with Gasteiger partial charge in [-0.3, -0.25) is 0 Å². The second-order valence-corrected chi connectivity index (χ2v) is 14.5. The van der Waals surface area contributed by atoms with Crippen molar-refractivity contribution in [2.75, 3.05) is 12.4 Å². The molecular formula is C42H46FN3+2. The lowest BCUT2D eigenvalue weighted by molar-refractivity contribution is -0.831. The average Bonchev–Trinajstić information content (AvgIpc) is 3.17. The molecular weight excluding hydrogens is 565 g/mol. The average molecular weight is 612 g/mol. The van der Waals surface area contributed by atoms with E-state index in [1.54, 1.807) is 6.07 Å². The smallest absolute Gasteiger partial charge is 0.239 e. The maximum absolute atomic E-state index is 16.6. The standard InChI is InChI=1S/C42H46FN3/c1-7-10-13-27-22-28-19-21-45-26-42(25-29-15-16-30(44-6)24-31(29)35-14-11-12-20-46(35)42)41(8-2,9-3)32-17-18-34(43)38-37(32)39(45)36(28)33(23-27)40(38,4)5/h11-12,14-24,44H,7-10,13,25-26H2,1-6H3/q+2. The Labute approximate surface area is 273 Å². The first-order valence-corrected chi connectivity index (χ1v) is 17.4. The first kappa shape index (κ1) is 29.4. The van der Waals surface area contributed by atoms with Crippen molar-refractivity contribution in [2.45, 2.75) is 96.1 Å². The second-order valence-electron chi connectivity index (χ2n) is 14.5. The van der Waals surface area contributed by atoms with Crippen LogP contribution >= 0.6 is 0 Å². The molecule has 1 unspecified atom stereocenters. The highest BCUT2D eigenvalue weighted by molar-refractivity contribution is 6.01. The van der Waals surface area contributed by atoms with E-state index in [1.165, 1.54) is 50.0 Å². The van der Waals surface area contributed by atoms with E-state index in [9.17, 15) is 0 Å². The quantitative estimate of drug-likeness (QED) is 0.190. The number of unbranched alkanes of at least 4 members (excludes halogenated alkanes) is 1. The number of anilines is 1. The van der Waals surface area contributed by atoms with Crippen LogP contribution in [-0.4, -0.2) is 7.05 Å². The molecule has 3 aromatic carbocycles. The zero-order chi connectivity index (χ0) is 32.0. The normalized spacial score (nSPS) is 19.5. The van der Waals surface area contributed by atoms with E-state index in [4.69, 9.17) is 0 Å². The van der Waals surface area contributed by atoms with E-state index >= 15 is 4.39 Å². The van der Waals surface area contributed by atoms with Crippen LogP contribution in [0.3, 0.4) is 0 Å². The third-order valence-electron chi connectivity index (χ3n) is 12.2. The Balaban J connectivity index is 1.52. The molecule has 0 bridgehead atoms. The SMILES string of the molecule is CCCCc1cc2c3c4[n+](ccc3c1)CC1(Cc3ccc(NC)cc3-c3cccc[n+]31)C(CC)(CC)c1ccc(F)c(c1-4)C2(C)C.